The molecule has 1 rings (SSSR count). The predicted molar refractivity (Wildman–Crippen MR) is 53.4 cm³/mol. The second-order valence-corrected chi connectivity index (χ2v) is 3.14. The fourth-order valence-electron chi connectivity index (χ4n) is 1.25. The van der Waals surface area contributed by atoms with E-state index in [4.69, 9.17) is 15.6 Å². The van der Waals surface area contributed by atoms with Gasteiger partial charge in [-0.3, -0.25) is 0 Å². The van der Waals surface area contributed by atoms with E-state index in [0.29, 0.717) is 12.2 Å². The van der Waals surface area contributed by atoms with Crippen LogP contribution < -0.4 is 10.5 Å². The largest absolute Gasteiger partial charge is 0.508 e. The molecule has 0 amide bonds. The van der Waals surface area contributed by atoms with E-state index in [-0.39, 0.29) is 18.4 Å². The second kappa shape index (κ2) is 4.83. The zero-order chi connectivity index (χ0) is 10.6. The highest BCUT2D eigenvalue weighted by Gasteiger charge is 2.08. The molecule has 0 aliphatic carbocycles. The van der Waals surface area contributed by atoms with Crippen LogP contribution in [-0.4, -0.2) is 30.0 Å². The molecule has 1 unspecified atom stereocenters. The van der Waals surface area contributed by atoms with Crippen LogP contribution in [-0.2, 0) is 6.42 Å². The van der Waals surface area contributed by atoms with Gasteiger partial charge < -0.3 is 20.7 Å². The van der Waals surface area contributed by atoms with Gasteiger partial charge in [0.25, 0.3) is 0 Å². The molecule has 4 nitrogen and oxygen atoms in total. The molecule has 78 valence electrons. The van der Waals surface area contributed by atoms with Crippen molar-refractivity contribution in [1.82, 2.24) is 0 Å². The first kappa shape index (κ1) is 10.8. The number of phenolic OH excluding ortho intramolecular Hbond substituents is 1. The molecule has 0 heterocycles. The first-order valence-corrected chi connectivity index (χ1v) is 4.39. The highest BCUT2D eigenvalue weighted by Crippen LogP contribution is 2.24. The zero-order valence-corrected chi connectivity index (χ0v) is 8.10. The number of aliphatic hydroxyl groups is 1. The van der Waals surface area contributed by atoms with Crippen LogP contribution in [0, 0.1) is 0 Å². The molecule has 14 heavy (non-hydrogen) atoms. The molecule has 1 atom stereocenters. The molecule has 0 aliphatic rings. The van der Waals surface area contributed by atoms with Crippen LogP contribution in [0.4, 0.5) is 0 Å². The number of hydrogen-bond acceptors (Lipinski definition) is 4. The number of ether oxygens (including phenoxy) is 1. The number of nitrogens with two attached hydrogens (primary N) is 1. The fourth-order valence-corrected chi connectivity index (χ4v) is 1.25. The minimum Gasteiger partial charge on any atom is -0.508 e. The minimum absolute atomic E-state index is 0.0654. The second-order valence-electron chi connectivity index (χ2n) is 3.14. The van der Waals surface area contributed by atoms with Crippen molar-refractivity contribution in [3.8, 4) is 11.5 Å². The monoisotopic (exact) mass is 197 g/mol. The zero-order valence-electron chi connectivity index (χ0n) is 8.10. The molecule has 0 bridgehead atoms. The molecule has 4 N–H and O–H groups in total. The summed E-state index contributed by atoms with van der Waals surface area (Å²) in [7, 11) is 1.53. The van der Waals surface area contributed by atoms with Gasteiger partial charge in [-0.25, -0.2) is 0 Å². The maximum Gasteiger partial charge on any atom is 0.125 e. The highest BCUT2D eigenvalue weighted by molar-refractivity contribution is 5.40. The normalized spacial score (nSPS) is 12.5. The summed E-state index contributed by atoms with van der Waals surface area (Å²) in [5.74, 6) is 0.747. The van der Waals surface area contributed by atoms with Gasteiger partial charge in [-0.2, -0.15) is 0 Å². The summed E-state index contributed by atoms with van der Waals surface area (Å²) in [5.41, 5.74) is 6.48. The standard InChI is InChI=1S/C10H15NO3/c1-14-10-5-9(13)3-2-7(10)4-8(11)6-12/h2-3,5,8,12-13H,4,6,11H2,1H3. The Morgan fingerprint density at radius 1 is 1.50 bits per heavy atom. The van der Waals surface area contributed by atoms with E-state index < -0.39 is 0 Å². The molecule has 0 aliphatic heterocycles. The van der Waals surface area contributed by atoms with Crippen molar-refractivity contribution in [2.24, 2.45) is 5.73 Å². The summed E-state index contributed by atoms with van der Waals surface area (Å²) in [6, 6.07) is 4.54. The van der Waals surface area contributed by atoms with Gasteiger partial charge in [-0.15, -0.1) is 0 Å². The van der Waals surface area contributed by atoms with Crippen molar-refractivity contribution in [3.63, 3.8) is 0 Å². The van der Waals surface area contributed by atoms with Gasteiger partial charge in [-0.05, 0) is 18.1 Å². The fraction of sp³-hybridized carbons (Fsp3) is 0.400. The van der Waals surface area contributed by atoms with Gasteiger partial charge in [0.05, 0.1) is 13.7 Å². The summed E-state index contributed by atoms with van der Waals surface area (Å²) in [6.07, 6.45) is 0.528. The topological polar surface area (TPSA) is 75.7 Å². The average molecular weight is 197 g/mol. The van der Waals surface area contributed by atoms with Gasteiger partial charge in [0.1, 0.15) is 11.5 Å². The third kappa shape index (κ3) is 2.61. The maximum atomic E-state index is 9.20. The number of hydrogen-bond donors (Lipinski definition) is 3. The Kier molecular flexibility index (Phi) is 3.73. The van der Waals surface area contributed by atoms with Crippen molar-refractivity contribution in [2.45, 2.75) is 12.5 Å². The number of benzene rings is 1. The molecule has 1 aromatic rings. The molecule has 4 heteroatoms. The van der Waals surface area contributed by atoms with E-state index in [2.05, 4.69) is 0 Å². The van der Waals surface area contributed by atoms with E-state index in [1.807, 2.05) is 0 Å². The van der Waals surface area contributed by atoms with E-state index in [9.17, 15) is 5.11 Å². The van der Waals surface area contributed by atoms with Crippen molar-refractivity contribution in [2.75, 3.05) is 13.7 Å². The minimum atomic E-state index is -0.298. The van der Waals surface area contributed by atoms with Crippen LogP contribution in [0.2, 0.25) is 0 Å². The number of phenols is 1. The van der Waals surface area contributed by atoms with Crippen LogP contribution >= 0.6 is 0 Å². The molecule has 0 saturated heterocycles. The third-order valence-corrected chi connectivity index (χ3v) is 1.99. The van der Waals surface area contributed by atoms with Crippen molar-refractivity contribution in [1.29, 1.82) is 0 Å². The van der Waals surface area contributed by atoms with Crippen molar-refractivity contribution >= 4 is 0 Å². The van der Waals surface area contributed by atoms with E-state index in [1.165, 1.54) is 13.2 Å². The van der Waals surface area contributed by atoms with Crippen LogP contribution in [0.3, 0.4) is 0 Å². The van der Waals surface area contributed by atoms with Gasteiger partial charge in [0.2, 0.25) is 0 Å². The predicted octanol–water partition coefficient (Wildman–Crippen LogP) is 0.263. The lowest BCUT2D eigenvalue weighted by atomic mass is 10.1. The van der Waals surface area contributed by atoms with Gasteiger partial charge in [0, 0.05) is 12.1 Å². The lowest BCUT2D eigenvalue weighted by Crippen LogP contribution is -2.26. The Morgan fingerprint density at radius 2 is 2.21 bits per heavy atom. The quantitative estimate of drug-likeness (QED) is 0.647. The van der Waals surface area contributed by atoms with Gasteiger partial charge in [-0.1, -0.05) is 6.07 Å². The van der Waals surface area contributed by atoms with E-state index in [1.54, 1.807) is 12.1 Å². The third-order valence-electron chi connectivity index (χ3n) is 1.99. The summed E-state index contributed by atoms with van der Waals surface area (Å²) >= 11 is 0. The Morgan fingerprint density at radius 3 is 2.79 bits per heavy atom. The Hall–Kier alpha value is -1.26. The molecule has 0 aromatic heterocycles. The molecular weight excluding hydrogens is 182 g/mol. The van der Waals surface area contributed by atoms with Crippen LogP contribution in [0.5, 0.6) is 11.5 Å². The van der Waals surface area contributed by atoms with Crippen LogP contribution in [0.15, 0.2) is 18.2 Å². The number of aromatic hydroxyl groups is 1. The SMILES string of the molecule is COc1cc(O)ccc1CC(N)CO. The molecule has 0 spiro atoms. The molecular formula is C10H15NO3. The maximum absolute atomic E-state index is 9.20. The first-order chi connectivity index (χ1) is 6.67. The summed E-state index contributed by atoms with van der Waals surface area (Å²) in [5, 5.41) is 18.0. The van der Waals surface area contributed by atoms with Crippen molar-refractivity contribution < 1.29 is 14.9 Å². The average Bonchev–Trinajstić information content (AvgIpc) is 2.20. The summed E-state index contributed by atoms with van der Waals surface area (Å²) in [6.45, 7) is -0.0654. The first-order valence-electron chi connectivity index (χ1n) is 4.39. The number of methoxy groups -OCH3 is 1. The highest BCUT2D eigenvalue weighted by atomic mass is 16.5. The number of rotatable bonds is 4. The van der Waals surface area contributed by atoms with E-state index in [0.717, 1.165) is 5.56 Å². The van der Waals surface area contributed by atoms with Crippen LogP contribution in [0.1, 0.15) is 5.56 Å². The number of aliphatic hydroxyl groups excluding tert-OH is 1. The molecule has 1 aromatic carbocycles. The van der Waals surface area contributed by atoms with Crippen molar-refractivity contribution in [3.05, 3.63) is 23.8 Å². The summed E-state index contributed by atoms with van der Waals surface area (Å²) < 4.78 is 5.07. The smallest absolute Gasteiger partial charge is 0.125 e. The molecule has 0 radical (unpaired) electrons. The van der Waals surface area contributed by atoms with E-state index >= 15 is 0 Å². The summed E-state index contributed by atoms with van der Waals surface area (Å²) in [4.78, 5) is 0. The van der Waals surface area contributed by atoms with Crippen LogP contribution in [0.25, 0.3) is 0 Å². The lowest BCUT2D eigenvalue weighted by Gasteiger charge is -2.12. The van der Waals surface area contributed by atoms with Gasteiger partial charge >= 0.3 is 0 Å². The van der Waals surface area contributed by atoms with Gasteiger partial charge in [0.15, 0.2) is 0 Å². The molecule has 0 saturated carbocycles. The Bertz CT molecular complexity index is 301. The Labute approximate surface area is 82.9 Å². The molecule has 0 fully saturated rings. The Balaban J connectivity index is 2.85. The lowest BCUT2D eigenvalue weighted by molar-refractivity contribution is 0.264.